The lowest BCUT2D eigenvalue weighted by atomic mass is 10.1. The average molecular weight is 385 g/mol. The molecule has 0 spiro atoms. The van der Waals surface area contributed by atoms with Crippen LogP contribution in [0.1, 0.15) is 31.7 Å². The van der Waals surface area contributed by atoms with Crippen molar-refractivity contribution in [1.29, 1.82) is 0 Å². The molecule has 1 saturated heterocycles. The van der Waals surface area contributed by atoms with Crippen LogP contribution in [0.15, 0.2) is 24.3 Å². The summed E-state index contributed by atoms with van der Waals surface area (Å²) in [5.41, 5.74) is 2.24. The van der Waals surface area contributed by atoms with E-state index in [4.69, 9.17) is 17.0 Å². The van der Waals surface area contributed by atoms with Gasteiger partial charge < -0.3 is 15.0 Å². The molecule has 1 fully saturated rings. The van der Waals surface area contributed by atoms with E-state index in [0.29, 0.717) is 24.7 Å². The van der Waals surface area contributed by atoms with E-state index in [1.807, 2.05) is 17.0 Å². The van der Waals surface area contributed by atoms with Gasteiger partial charge in [0, 0.05) is 25.4 Å². The third kappa shape index (κ3) is 6.24. The van der Waals surface area contributed by atoms with Crippen molar-refractivity contribution in [2.45, 2.75) is 38.6 Å². The van der Waals surface area contributed by atoms with Gasteiger partial charge in [0.25, 0.3) is 0 Å². The van der Waals surface area contributed by atoms with Gasteiger partial charge in [0.15, 0.2) is 14.9 Å². The van der Waals surface area contributed by atoms with Gasteiger partial charge in [0.2, 0.25) is 0 Å². The SMILES string of the molecule is CCCCc1ccc(NC(=S)N(CCOC)[C@@H]2CCS(=O)(=O)C2)cc1. The molecule has 1 N–H and O–H groups in total. The van der Waals surface area contributed by atoms with Crippen molar-refractivity contribution in [3.63, 3.8) is 0 Å². The lowest BCUT2D eigenvalue weighted by Gasteiger charge is -2.30. The molecule has 0 aliphatic carbocycles. The Morgan fingerprint density at radius 1 is 1.36 bits per heavy atom. The van der Waals surface area contributed by atoms with Crippen molar-refractivity contribution in [2.24, 2.45) is 0 Å². The van der Waals surface area contributed by atoms with Gasteiger partial charge in [-0.25, -0.2) is 8.42 Å². The molecule has 5 nitrogen and oxygen atoms in total. The molecule has 7 heteroatoms. The Balaban J connectivity index is 2.01. The highest BCUT2D eigenvalue weighted by atomic mass is 32.2. The van der Waals surface area contributed by atoms with Crippen LogP contribution >= 0.6 is 12.2 Å². The minimum absolute atomic E-state index is 0.0797. The largest absolute Gasteiger partial charge is 0.383 e. The molecule has 0 unspecified atom stereocenters. The topological polar surface area (TPSA) is 58.6 Å². The zero-order valence-corrected chi connectivity index (χ0v) is 16.7. The number of hydrogen-bond donors (Lipinski definition) is 1. The fraction of sp³-hybridized carbons (Fsp3) is 0.611. The number of sulfone groups is 1. The summed E-state index contributed by atoms with van der Waals surface area (Å²) < 4.78 is 28.8. The number of rotatable bonds is 8. The standard InChI is InChI=1S/C18H28N2O3S2/c1-3-4-5-15-6-8-16(9-7-15)19-18(24)20(11-12-23-2)17-10-13-25(21,22)14-17/h6-9,17H,3-5,10-14H2,1-2H3,(H,19,24)/t17-/m1/s1. The molecule has 140 valence electrons. The van der Waals surface area contributed by atoms with Gasteiger partial charge >= 0.3 is 0 Å². The number of nitrogens with zero attached hydrogens (tertiary/aromatic N) is 1. The van der Waals surface area contributed by atoms with Gasteiger partial charge in [-0.15, -0.1) is 0 Å². The van der Waals surface area contributed by atoms with Crippen LogP contribution in [0.2, 0.25) is 0 Å². The summed E-state index contributed by atoms with van der Waals surface area (Å²) in [4.78, 5) is 1.95. The number of methoxy groups -OCH3 is 1. The first-order chi connectivity index (χ1) is 11.9. The van der Waals surface area contributed by atoms with Crippen molar-refractivity contribution < 1.29 is 13.2 Å². The number of hydrogen-bond acceptors (Lipinski definition) is 4. The van der Waals surface area contributed by atoms with E-state index in [9.17, 15) is 8.42 Å². The molecular weight excluding hydrogens is 356 g/mol. The number of ether oxygens (including phenoxy) is 1. The summed E-state index contributed by atoms with van der Waals surface area (Å²) in [6.45, 7) is 3.28. The Labute approximate surface area is 156 Å². The monoisotopic (exact) mass is 384 g/mol. The predicted molar refractivity (Wildman–Crippen MR) is 107 cm³/mol. The molecule has 0 saturated carbocycles. The maximum Gasteiger partial charge on any atom is 0.173 e. The first-order valence-electron chi connectivity index (χ1n) is 8.81. The summed E-state index contributed by atoms with van der Waals surface area (Å²) in [5, 5.41) is 3.80. The van der Waals surface area contributed by atoms with Crippen molar-refractivity contribution in [3.8, 4) is 0 Å². The molecule has 2 rings (SSSR count). The van der Waals surface area contributed by atoms with Crippen molar-refractivity contribution in [1.82, 2.24) is 4.90 Å². The fourth-order valence-electron chi connectivity index (χ4n) is 2.99. The molecule has 0 amide bonds. The second-order valence-corrected chi connectivity index (χ2v) is 9.09. The van der Waals surface area contributed by atoms with Crippen LogP contribution in [-0.2, 0) is 21.0 Å². The first kappa shape index (κ1) is 20.1. The van der Waals surface area contributed by atoms with E-state index in [1.54, 1.807) is 7.11 Å². The van der Waals surface area contributed by atoms with Crippen molar-refractivity contribution in [2.75, 3.05) is 37.1 Å². The van der Waals surface area contributed by atoms with Crippen LogP contribution < -0.4 is 5.32 Å². The van der Waals surface area contributed by atoms with Crippen molar-refractivity contribution >= 4 is 32.9 Å². The van der Waals surface area contributed by atoms with Gasteiger partial charge in [-0.05, 0) is 49.2 Å². The minimum atomic E-state index is -2.96. The molecule has 1 aromatic rings. The third-order valence-corrected chi connectivity index (χ3v) is 6.56. The molecule has 1 aliphatic rings. The Morgan fingerprint density at radius 2 is 2.08 bits per heavy atom. The van der Waals surface area contributed by atoms with E-state index in [1.165, 1.54) is 18.4 Å². The van der Waals surface area contributed by atoms with Crippen LogP contribution in [0.3, 0.4) is 0 Å². The maximum atomic E-state index is 11.8. The van der Waals surface area contributed by atoms with Crippen LogP contribution in [0.25, 0.3) is 0 Å². The highest BCUT2D eigenvalue weighted by Crippen LogP contribution is 2.20. The Kier molecular flexibility index (Phi) is 7.65. The van der Waals surface area contributed by atoms with Crippen molar-refractivity contribution in [3.05, 3.63) is 29.8 Å². The number of unbranched alkanes of at least 4 members (excludes halogenated alkanes) is 1. The zero-order chi connectivity index (χ0) is 18.3. The van der Waals surface area contributed by atoms with E-state index in [0.717, 1.165) is 12.1 Å². The highest BCUT2D eigenvalue weighted by Gasteiger charge is 2.33. The Hall–Kier alpha value is -1.18. The second-order valence-electron chi connectivity index (χ2n) is 6.47. The fourth-order valence-corrected chi connectivity index (χ4v) is 5.08. The number of thiocarbonyl (C=S) groups is 1. The summed E-state index contributed by atoms with van der Waals surface area (Å²) in [6.07, 6.45) is 4.07. The molecule has 0 bridgehead atoms. The number of aryl methyl sites for hydroxylation is 1. The maximum absolute atomic E-state index is 11.8. The zero-order valence-electron chi connectivity index (χ0n) is 15.0. The smallest absolute Gasteiger partial charge is 0.173 e. The predicted octanol–water partition coefficient (Wildman–Crippen LogP) is 2.86. The molecule has 1 heterocycles. The molecule has 1 aliphatic heterocycles. The molecular formula is C18H28N2O3S2. The molecule has 0 radical (unpaired) electrons. The van der Waals surface area contributed by atoms with E-state index < -0.39 is 9.84 Å². The molecule has 1 aromatic carbocycles. The summed E-state index contributed by atoms with van der Waals surface area (Å²) >= 11 is 5.55. The van der Waals surface area contributed by atoms with E-state index >= 15 is 0 Å². The lowest BCUT2D eigenvalue weighted by molar-refractivity contribution is 0.166. The van der Waals surface area contributed by atoms with E-state index in [2.05, 4.69) is 24.4 Å². The van der Waals surface area contributed by atoms with Gasteiger partial charge in [-0.3, -0.25) is 0 Å². The van der Waals surface area contributed by atoms with Crippen LogP contribution in [0, 0.1) is 0 Å². The van der Waals surface area contributed by atoms with Crippen LogP contribution in [0.5, 0.6) is 0 Å². The number of benzene rings is 1. The first-order valence-corrected chi connectivity index (χ1v) is 11.0. The Bertz CT molecular complexity index is 659. The summed E-state index contributed by atoms with van der Waals surface area (Å²) in [7, 11) is -1.32. The van der Waals surface area contributed by atoms with Gasteiger partial charge in [0.1, 0.15) is 0 Å². The van der Waals surface area contributed by atoms with E-state index in [-0.39, 0.29) is 17.5 Å². The molecule has 25 heavy (non-hydrogen) atoms. The minimum Gasteiger partial charge on any atom is -0.383 e. The number of nitrogens with one attached hydrogen (secondary N) is 1. The summed E-state index contributed by atoms with van der Waals surface area (Å²) in [5.74, 6) is 0.393. The quantitative estimate of drug-likeness (QED) is 0.696. The highest BCUT2D eigenvalue weighted by molar-refractivity contribution is 7.91. The van der Waals surface area contributed by atoms with Crippen LogP contribution in [-0.4, -0.2) is 56.2 Å². The second kappa shape index (κ2) is 9.50. The van der Waals surface area contributed by atoms with Gasteiger partial charge in [-0.1, -0.05) is 25.5 Å². The molecule has 0 aromatic heterocycles. The third-order valence-electron chi connectivity index (χ3n) is 4.47. The summed E-state index contributed by atoms with van der Waals surface area (Å²) in [6, 6.07) is 8.19. The normalized spacial score (nSPS) is 18.9. The van der Waals surface area contributed by atoms with Crippen LogP contribution in [0.4, 0.5) is 5.69 Å². The molecule has 1 atom stereocenters. The lowest BCUT2D eigenvalue weighted by Crippen LogP contribution is -2.45. The van der Waals surface area contributed by atoms with Gasteiger partial charge in [-0.2, -0.15) is 0 Å². The number of anilines is 1. The Morgan fingerprint density at radius 3 is 2.64 bits per heavy atom. The van der Waals surface area contributed by atoms with Gasteiger partial charge in [0.05, 0.1) is 18.1 Å². The average Bonchev–Trinajstić information content (AvgIpc) is 2.94.